The highest BCUT2D eigenvalue weighted by molar-refractivity contribution is 6.33. The van der Waals surface area contributed by atoms with Gasteiger partial charge in [-0.3, -0.25) is 33.8 Å². The van der Waals surface area contributed by atoms with Gasteiger partial charge in [0.2, 0.25) is 0 Å². The van der Waals surface area contributed by atoms with Crippen LogP contribution in [0.25, 0.3) is 10.8 Å². The predicted octanol–water partition coefficient (Wildman–Crippen LogP) is 15.3. The van der Waals surface area contributed by atoms with Crippen molar-refractivity contribution in [1.29, 1.82) is 0 Å². The Bertz CT molecular complexity index is 2440. The number of benzene rings is 3. The van der Waals surface area contributed by atoms with Crippen molar-refractivity contribution < 1.29 is 28.5 Å². The number of carbonyl (C=O) groups is 5. The van der Waals surface area contributed by atoms with Crippen LogP contribution in [0.2, 0.25) is 0 Å². The van der Waals surface area contributed by atoms with Gasteiger partial charge in [-0.2, -0.15) is 0 Å². The van der Waals surface area contributed by atoms with E-state index in [9.17, 15) is 24.0 Å². The van der Waals surface area contributed by atoms with Crippen LogP contribution in [0.4, 0.5) is 0 Å². The zero-order chi connectivity index (χ0) is 53.2. The molecule has 9 heteroatoms. The lowest BCUT2D eigenvalue weighted by atomic mass is 9.86. The van der Waals surface area contributed by atoms with Crippen molar-refractivity contribution in [2.24, 2.45) is 0 Å². The van der Waals surface area contributed by atoms with Gasteiger partial charge in [-0.05, 0) is 136 Å². The van der Waals surface area contributed by atoms with Crippen molar-refractivity contribution in [1.82, 2.24) is 15.1 Å². The van der Waals surface area contributed by atoms with Crippen molar-refractivity contribution >= 4 is 40.3 Å². The highest BCUT2D eigenvalue weighted by atomic mass is 16.2. The van der Waals surface area contributed by atoms with E-state index in [0.29, 0.717) is 27.5 Å². The summed E-state index contributed by atoms with van der Waals surface area (Å²) in [6.45, 7) is 14.8. The van der Waals surface area contributed by atoms with E-state index in [1.165, 1.54) is 142 Å². The summed E-state index contributed by atoms with van der Waals surface area (Å²) in [4.78, 5) is 73.2. The maximum atomic E-state index is 14.3. The van der Waals surface area contributed by atoms with Gasteiger partial charge in [-0.25, -0.2) is 4.57 Å². The van der Waals surface area contributed by atoms with E-state index in [4.69, 9.17) is 0 Å². The van der Waals surface area contributed by atoms with Crippen LogP contribution in [0.3, 0.4) is 0 Å². The molecule has 9 nitrogen and oxygen atoms in total. The molecule has 0 atom stereocenters. The van der Waals surface area contributed by atoms with Crippen LogP contribution in [-0.2, 0) is 32.4 Å². The molecule has 402 valence electrons. The number of allylic oxidation sites excluding steroid dienone is 3. The smallest absolute Gasteiger partial charge is 0.261 e. The molecule has 0 fully saturated rings. The highest BCUT2D eigenvalue weighted by Crippen LogP contribution is 2.38. The summed E-state index contributed by atoms with van der Waals surface area (Å²) in [6, 6.07) is 14.5. The Kier molecular flexibility index (Phi) is 24.7. The number of carbonyl (C=O) groups excluding carboxylic acids is 5. The first-order valence-corrected chi connectivity index (χ1v) is 29.3. The van der Waals surface area contributed by atoms with Crippen LogP contribution in [0.15, 0.2) is 98.9 Å². The van der Waals surface area contributed by atoms with Crippen molar-refractivity contribution in [2.75, 3.05) is 13.1 Å². The van der Waals surface area contributed by atoms with Crippen molar-refractivity contribution in [3.63, 3.8) is 0 Å². The molecule has 0 saturated heterocycles. The van der Waals surface area contributed by atoms with Crippen LogP contribution in [0.1, 0.15) is 248 Å². The first kappa shape index (κ1) is 58.3. The summed E-state index contributed by atoms with van der Waals surface area (Å²) < 4.78 is 2.09. The van der Waals surface area contributed by atoms with Crippen LogP contribution in [-0.4, -0.2) is 52.4 Å². The molecular formula is C66H89N4O5+. The number of hydrogen-bond donors (Lipinski definition) is 1. The zero-order valence-electron chi connectivity index (χ0n) is 45.8. The second kappa shape index (κ2) is 31.8. The molecule has 5 amide bonds. The summed E-state index contributed by atoms with van der Waals surface area (Å²) in [6.07, 6.45) is 43.9. The maximum Gasteiger partial charge on any atom is 0.261 e. The molecule has 2 aliphatic rings. The molecule has 4 aromatic rings. The molecule has 2 aliphatic heterocycles. The van der Waals surface area contributed by atoms with Crippen LogP contribution >= 0.6 is 0 Å². The van der Waals surface area contributed by atoms with Crippen molar-refractivity contribution in [3.05, 3.63) is 149 Å². The van der Waals surface area contributed by atoms with Gasteiger partial charge in [-0.1, -0.05) is 128 Å². The Hall–Kier alpha value is -5.96. The number of amides is 5. The summed E-state index contributed by atoms with van der Waals surface area (Å²) in [5.74, 6) is -2.14. The summed E-state index contributed by atoms with van der Waals surface area (Å²) in [5, 5.41) is 3.77. The molecule has 6 rings (SSSR count). The Morgan fingerprint density at radius 2 is 0.893 bits per heavy atom. The van der Waals surface area contributed by atoms with Crippen LogP contribution in [0.5, 0.6) is 0 Å². The summed E-state index contributed by atoms with van der Waals surface area (Å²) >= 11 is 0. The van der Waals surface area contributed by atoms with Gasteiger partial charge in [0.15, 0.2) is 12.4 Å². The first-order valence-electron chi connectivity index (χ1n) is 29.3. The van der Waals surface area contributed by atoms with E-state index >= 15 is 0 Å². The third kappa shape index (κ3) is 16.8. The number of hydrogen-bond acceptors (Lipinski definition) is 5. The van der Waals surface area contributed by atoms with Gasteiger partial charge in [0.25, 0.3) is 29.5 Å². The summed E-state index contributed by atoms with van der Waals surface area (Å²) in [5.41, 5.74) is 6.61. The number of nitrogens with one attached hydrogen (secondary N) is 1. The van der Waals surface area contributed by atoms with E-state index in [1.807, 2.05) is 42.8 Å². The van der Waals surface area contributed by atoms with Gasteiger partial charge in [-0.15, -0.1) is 19.7 Å². The topological polar surface area (TPSA) is 108 Å². The molecule has 75 heavy (non-hydrogen) atoms. The van der Waals surface area contributed by atoms with Gasteiger partial charge in [0.1, 0.15) is 6.54 Å². The molecule has 1 N–H and O–H groups in total. The minimum absolute atomic E-state index is 0.0256. The molecule has 0 bridgehead atoms. The Morgan fingerprint density at radius 1 is 0.507 bits per heavy atom. The SMILES string of the molecule is C=CCCCCCCCCCc1cc(C(=O)NCCN2C(=O)c3ccc4c5c(ccc(c35)C2=O)C(=O)N(Cc2cc[n+](CCCC)cc2)C4=O)cc(CCCCCCCCCC=C)c1CCCCCCCCCC=C. The van der Waals surface area contributed by atoms with Gasteiger partial charge in [0, 0.05) is 70.2 Å². The third-order valence-electron chi connectivity index (χ3n) is 15.5. The standard InChI is InChI=1S/C66H88N4O5/c1-5-9-13-16-19-22-25-28-31-34-52-48-54(49-53(35-32-29-26-23-20-17-14-10-6-2)55(52)36-33-30-27-24-21-18-15-11-7-3)62(71)67-43-47-69-63(72)56-37-39-58-61-59(40-38-57(60(56)61)64(69)73)66(75)70(65(58)74)50-51-41-45-68(46-42-51)44-12-8-4/h5-7,37-42,45-46,48-49H,1-3,8-36,43-44,47,50H2,4H3/p+1. The normalized spacial score (nSPS) is 13.0. The quantitative estimate of drug-likeness (QED) is 0.0207. The Labute approximate surface area is 450 Å². The number of imide groups is 2. The number of pyridine rings is 1. The van der Waals surface area contributed by atoms with E-state index in [-0.39, 0.29) is 36.7 Å². The number of unbranched alkanes of at least 4 members (excludes halogenated alkanes) is 22. The van der Waals surface area contributed by atoms with E-state index in [2.05, 4.69) is 48.7 Å². The maximum absolute atomic E-state index is 14.3. The van der Waals surface area contributed by atoms with Gasteiger partial charge in [0.05, 0.1) is 6.54 Å². The van der Waals surface area contributed by atoms with Gasteiger partial charge >= 0.3 is 0 Å². The van der Waals surface area contributed by atoms with Gasteiger partial charge < -0.3 is 5.32 Å². The molecule has 1 aromatic heterocycles. The minimum atomic E-state index is -0.511. The second-order valence-electron chi connectivity index (χ2n) is 21.3. The molecule has 0 unspecified atom stereocenters. The van der Waals surface area contributed by atoms with Crippen LogP contribution < -0.4 is 9.88 Å². The molecule has 0 aliphatic carbocycles. The van der Waals surface area contributed by atoms with E-state index < -0.39 is 23.6 Å². The van der Waals surface area contributed by atoms with Crippen LogP contribution in [0, 0.1) is 0 Å². The lowest BCUT2D eigenvalue weighted by Gasteiger charge is -2.32. The molecular weight excluding hydrogens is 929 g/mol. The molecule has 0 radical (unpaired) electrons. The molecule has 0 saturated carbocycles. The number of rotatable bonds is 39. The fourth-order valence-corrected chi connectivity index (χ4v) is 11.1. The lowest BCUT2D eigenvalue weighted by Crippen LogP contribution is -2.45. The zero-order valence-corrected chi connectivity index (χ0v) is 45.8. The monoisotopic (exact) mass is 1020 g/mol. The first-order chi connectivity index (χ1) is 36.7. The third-order valence-corrected chi connectivity index (χ3v) is 15.5. The molecule has 3 aromatic carbocycles. The average Bonchev–Trinajstić information content (AvgIpc) is 3.44. The molecule has 0 spiro atoms. The predicted molar refractivity (Wildman–Crippen MR) is 306 cm³/mol. The fourth-order valence-electron chi connectivity index (χ4n) is 11.1. The number of nitrogens with zero attached hydrogens (tertiary/aromatic N) is 3. The lowest BCUT2D eigenvalue weighted by molar-refractivity contribution is -0.697. The average molecular weight is 1020 g/mol. The largest absolute Gasteiger partial charge is 0.350 e. The highest BCUT2D eigenvalue weighted by Gasteiger charge is 2.39. The van der Waals surface area contributed by atoms with E-state index in [1.54, 1.807) is 24.3 Å². The van der Waals surface area contributed by atoms with Crippen molar-refractivity contribution in [3.8, 4) is 0 Å². The fraction of sp³-hybridized carbons (Fsp3) is 0.515. The Balaban J connectivity index is 1.14. The number of aromatic nitrogens is 1. The number of aryl methyl sites for hydroxylation is 3. The van der Waals surface area contributed by atoms with E-state index in [0.717, 1.165) is 82.7 Å². The Morgan fingerprint density at radius 3 is 1.31 bits per heavy atom. The summed E-state index contributed by atoms with van der Waals surface area (Å²) in [7, 11) is 0. The minimum Gasteiger partial charge on any atom is -0.350 e. The van der Waals surface area contributed by atoms with Crippen molar-refractivity contribution in [2.45, 2.75) is 206 Å². The molecule has 3 heterocycles. The second-order valence-corrected chi connectivity index (χ2v) is 21.3.